The van der Waals surface area contributed by atoms with Gasteiger partial charge in [-0.25, -0.2) is 9.18 Å². The Morgan fingerprint density at radius 1 is 0.974 bits per heavy atom. The smallest absolute Gasteiger partial charge is 0.336 e. The highest BCUT2D eigenvalue weighted by Crippen LogP contribution is 2.34. The van der Waals surface area contributed by atoms with Gasteiger partial charge in [0.25, 0.3) is 11.1 Å². The lowest BCUT2D eigenvalue weighted by Crippen LogP contribution is -2.41. The third kappa shape index (κ3) is 3.67. The van der Waals surface area contributed by atoms with Crippen molar-refractivity contribution < 1.29 is 9.18 Å². The molecule has 0 saturated heterocycles. The molecule has 2 N–H and O–H groups in total. The lowest BCUT2D eigenvalue weighted by atomic mass is 10.0. The summed E-state index contributed by atoms with van der Waals surface area (Å²) in [5, 5.41) is 5.92. The highest BCUT2D eigenvalue weighted by atomic mass is 19.1. The monoisotopic (exact) mass is 515 g/mol. The van der Waals surface area contributed by atoms with Crippen molar-refractivity contribution in [2.24, 2.45) is 7.05 Å². The first kappa shape index (κ1) is 23.9. The molecule has 1 aliphatic carbocycles. The van der Waals surface area contributed by atoms with Gasteiger partial charge in [-0.15, -0.1) is 0 Å². The molecular formula is C28H26FN5O4. The van der Waals surface area contributed by atoms with Gasteiger partial charge in [0.2, 0.25) is 5.91 Å². The first-order valence-electron chi connectivity index (χ1n) is 12.5. The maximum Gasteiger partial charge on any atom is 0.336 e. The predicted molar refractivity (Wildman–Crippen MR) is 143 cm³/mol. The molecule has 4 aromatic rings. The van der Waals surface area contributed by atoms with Crippen molar-refractivity contribution in [2.75, 3.05) is 10.6 Å². The molecule has 194 valence electrons. The Morgan fingerprint density at radius 2 is 1.74 bits per heavy atom. The molecule has 10 heteroatoms. The minimum atomic E-state index is -0.559. The molecule has 1 fully saturated rings. The standard InChI is InChI=1S/C28H26FN5O4/c1-14-4-10-20(19(29)12-14)31-25-23-24(15(2)26(36)32(25)3)33(28(38)34(27(23)37)17-8-9-17)18-7-5-16-6-11-22(35)30-21(16)13-18/h4-5,7,10,12-13,17,31H,6,8-9,11H2,1-3H3,(H,30,35). The number of anilines is 3. The second-order valence-electron chi connectivity index (χ2n) is 10.1. The van der Waals surface area contributed by atoms with Crippen molar-refractivity contribution in [1.82, 2.24) is 13.7 Å². The third-order valence-electron chi connectivity index (χ3n) is 7.38. The van der Waals surface area contributed by atoms with Gasteiger partial charge < -0.3 is 10.6 Å². The highest BCUT2D eigenvalue weighted by Gasteiger charge is 2.32. The summed E-state index contributed by atoms with van der Waals surface area (Å²) in [6.07, 6.45) is 2.32. The summed E-state index contributed by atoms with van der Waals surface area (Å²) in [6.45, 7) is 3.33. The van der Waals surface area contributed by atoms with Crippen molar-refractivity contribution in [3.05, 3.63) is 90.1 Å². The van der Waals surface area contributed by atoms with Gasteiger partial charge in [-0.2, -0.15) is 0 Å². The minimum absolute atomic E-state index is 0.0952. The SMILES string of the molecule is Cc1ccc(Nc2c3c(=O)n(C4CC4)c(=O)n(-c4ccc5c(c4)NC(=O)CC5)c3c(C)c(=O)n2C)c(F)c1. The number of nitrogens with zero attached hydrogens (tertiary/aromatic N) is 3. The molecule has 2 aromatic carbocycles. The second-order valence-corrected chi connectivity index (χ2v) is 10.1. The van der Waals surface area contributed by atoms with Gasteiger partial charge in [0, 0.05) is 30.8 Å². The summed E-state index contributed by atoms with van der Waals surface area (Å²) >= 11 is 0. The third-order valence-corrected chi connectivity index (χ3v) is 7.38. The Morgan fingerprint density at radius 3 is 2.45 bits per heavy atom. The number of halogens is 1. The number of nitrogens with one attached hydrogen (secondary N) is 2. The Kier molecular flexibility index (Phi) is 5.37. The lowest BCUT2D eigenvalue weighted by molar-refractivity contribution is -0.116. The van der Waals surface area contributed by atoms with E-state index in [2.05, 4.69) is 10.6 Å². The van der Waals surface area contributed by atoms with E-state index in [1.165, 1.54) is 26.8 Å². The Bertz CT molecular complexity index is 1860. The first-order chi connectivity index (χ1) is 18.2. The van der Waals surface area contributed by atoms with Gasteiger partial charge in [0.1, 0.15) is 17.0 Å². The number of carbonyl (C=O) groups excluding carboxylic acids is 1. The van der Waals surface area contributed by atoms with E-state index in [4.69, 9.17) is 0 Å². The topological polar surface area (TPSA) is 107 Å². The van der Waals surface area contributed by atoms with E-state index in [1.54, 1.807) is 38.1 Å². The van der Waals surface area contributed by atoms with E-state index >= 15 is 0 Å². The van der Waals surface area contributed by atoms with E-state index < -0.39 is 22.6 Å². The Labute approximate surface area is 216 Å². The summed E-state index contributed by atoms with van der Waals surface area (Å²) in [4.78, 5) is 53.2. The molecule has 9 nitrogen and oxygen atoms in total. The molecule has 2 aromatic heterocycles. The van der Waals surface area contributed by atoms with Gasteiger partial charge in [-0.3, -0.25) is 28.1 Å². The van der Waals surface area contributed by atoms with E-state index in [0.29, 0.717) is 37.1 Å². The zero-order chi connectivity index (χ0) is 26.9. The fourth-order valence-electron chi connectivity index (χ4n) is 5.20. The van der Waals surface area contributed by atoms with Gasteiger partial charge >= 0.3 is 5.69 Å². The summed E-state index contributed by atoms with van der Waals surface area (Å²) in [5.74, 6) is -0.559. The van der Waals surface area contributed by atoms with Crippen LogP contribution in [0.4, 0.5) is 21.6 Å². The number of fused-ring (bicyclic) bond motifs is 2. The number of pyridine rings is 1. The number of aromatic nitrogens is 3. The first-order valence-corrected chi connectivity index (χ1v) is 12.5. The highest BCUT2D eigenvalue weighted by molar-refractivity contribution is 5.95. The van der Waals surface area contributed by atoms with Crippen LogP contribution in [-0.2, 0) is 18.3 Å². The lowest BCUT2D eigenvalue weighted by Gasteiger charge is -2.22. The van der Waals surface area contributed by atoms with Gasteiger partial charge in [-0.05, 0) is 68.5 Å². The zero-order valence-electron chi connectivity index (χ0n) is 21.2. The van der Waals surface area contributed by atoms with Crippen molar-refractivity contribution >= 4 is 34.0 Å². The molecule has 0 bridgehead atoms. The van der Waals surface area contributed by atoms with Crippen LogP contribution >= 0.6 is 0 Å². The van der Waals surface area contributed by atoms with Crippen LogP contribution in [0.1, 0.15) is 42.0 Å². The fourth-order valence-corrected chi connectivity index (χ4v) is 5.20. The van der Waals surface area contributed by atoms with Crippen molar-refractivity contribution in [2.45, 2.75) is 45.6 Å². The molecule has 1 aliphatic heterocycles. The zero-order valence-corrected chi connectivity index (χ0v) is 21.2. The molecule has 0 unspecified atom stereocenters. The summed E-state index contributed by atoms with van der Waals surface area (Å²) in [7, 11) is 1.51. The average molecular weight is 516 g/mol. The van der Waals surface area contributed by atoms with Crippen LogP contribution in [0.15, 0.2) is 50.8 Å². The molecule has 0 radical (unpaired) electrons. The number of hydrogen-bond donors (Lipinski definition) is 2. The molecule has 1 saturated carbocycles. The van der Waals surface area contributed by atoms with Crippen LogP contribution in [0, 0.1) is 19.7 Å². The number of hydrogen-bond acceptors (Lipinski definition) is 5. The van der Waals surface area contributed by atoms with Crippen LogP contribution < -0.4 is 27.4 Å². The molecule has 38 heavy (non-hydrogen) atoms. The number of benzene rings is 2. The Hall–Kier alpha value is -4.47. The van der Waals surface area contributed by atoms with Crippen LogP contribution in [0.3, 0.4) is 0 Å². The van der Waals surface area contributed by atoms with Crippen molar-refractivity contribution in [1.29, 1.82) is 0 Å². The fraction of sp³-hybridized carbons (Fsp3) is 0.286. The van der Waals surface area contributed by atoms with Gasteiger partial charge in [0.05, 0.1) is 16.9 Å². The van der Waals surface area contributed by atoms with Crippen LogP contribution in [-0.4, -0.2) is 19.6 Å². The van der Waals surface area contributed by atoms with E-state index in [0.717, 1.165) is 11.1 Å². The molecule has 0 atom stereocenters. The molecular weight excluding hydrogens is 489 g/mol. The minimum Gasteiger partial charge on any atom is -0.338 e. The summed E-state index contributed by atoms with van der Waals surface area (Å²) in [5.41, 5.74) is 1.58. The van der Waals surface area contributed by atoms with Crippen LogP contribution in [0.2, 0.25) is 0 Å². The predicted octanol–water partition coefficient (Wildman–Crippen LogP) is 3.57. The van der Waals surface area contributed by atoms with Crippen LogP contribution in [0.5, 0.6) is 0 Å². The molecule has 6 rings (SSSR count). The Balaban J connectivity index is 1.71. The average Bonchev–Trinajstić information content (AvgIpc) is 3.71. The van der Waals surface area contributed by atoms with E-state index in [9.17, 15) is 23.6 Å². The normalized spacial score (nSPS) is 14.9. The maximum atomic E-state index is 14.8. The van der Waals surface area contributed by atoms with E-state index in [-0.39, 0.29) is 39.9 Å². The number of rotatable bonds is 4. The molecule has 3 heterocycles. The largest absolute Gasteiger partial charge is 0.338 e. The second kappa shape index (κ2) is 8.54. The summed E-state index contributed by atoms with van der Waals surface area (Å²) in [6, 6.07) is 9.65. The van der Waals surface area contributed by atoms with Gasteiger partial charge in [-0.1, -0.05) is 12.1 Å². The van der Waals surface area contributed by atoms with E-state index in [1.807, 2.05) is 6.07 Å². The molecule has 0 spiro atoms. The maximum absolute atomic E-state index is 14.8. The molecule has 2 aliphatic rings. The number of amides is 1. The molecule has 1 amide bonds. The van der Waals surface area contributed by atoms with Gasteiger partial charge in [0.15, 0.2) is 0 Å². The van der Waals surface area contributed by atoms with Crippen molar-refractivity contribution in [3.63, 3.8) is 0 Å². The number of carbonyl (C=O) groups is 1. The number of aryl methyl sites for hydroxylation is 3. The van der Waals surface area contributed by atoms with Crippen molar-refractivity contribution in [3.8, 4) is 5.69 Å². The van der Waals surface area contributed by atoms with Crippen LogP contribution in [0.25, 0.3) is 16.6 Å². The summed E-state index contributed by atoms with van der Waals surface area (Å²) < 4.78 is 18.7. The quantitative estimate of drug-likeness (QED) is 0.432.